The van der Waals surface area contributed by atoms with Gasteiger partial charge in [0, 0.05) is 5.56 Å². The van der Waals surface area contributed by atoms with Crippen LogP contribution in [0.25, 0.3) is 22.9 Å². The Morgan fingerprint density at radius 2 is 1.70 bits per heavy atom. The number of ether oxygens (including phenoxy) is 2. The first-order valence-corrected chi connectivity index (χ1v) is 6.91. The molecule has 0 atom stereocenters. The molecule has 0 aliphatic carbocycles. The molecule has 0 unspecified atom stereocenters. The minimum atomic E-state index is -1.51. The molecule has 1 aliphatic rings. The quantitative estimate of drug-likeness (QED) is 0.691. The van der Waals surface area contributed by atoms with Crippen LogP contribution in [0, 0.1) is 0 Å². The highest BCUT2D eigenvalue weighted by atomic mass is 16.7. The molecule has 4 rings (SSSR count). The highest BCUT2D eigenvalue weighted by Crippen LogP contribution is 2.41. The van der Waals surface area contributed by atoms with E-state index in [1.807, 2.05) is 18.2 Å². The van der Waals surface area contributed by atoms with Gasteiger partial charge in [-0.05, 0) is 29.7 Å². The number of nitrogens with zero attached hydrogens (tertiary/aromatic N) is 2. The fraction of sp³-hybridized carbons (Fsp3) is 0.0667. The maximum atomic E-state index is 9.11. The molecule has 0 bridgehead atoms. The molecule has 0 fully saturated rings. The van der Waals surface area contributed by atoms with E-state index in [0.717, 1.165) is 0 Å². The van der Waals surface area contributed by atoms with Crippen molar-refractivity contribution in [3.63, 3.8) is 0 Å². The second kappa shape index (κ2) is 5.42. The maximum Gasteiger partial charge on any atom is 0.488 e. The largest absolute Gasteiger partial charge is 0.488 e. The highest BCUT2D eigenvalue weighted by molar-refractivity contribution is 6.58. The van der Waals surface area contributed by atoms with Gasteiger partial charge in [0.25, 0.3) is 5.89 Å². The molecular formula is C15H11BN2O5. The van der Waals surface area contributed by atoms with Crippen molar-refractivity contribution in [1.82, 2.24) is 10.2 Å². The molecule has 0 saturated heterocycles. The lowest BCUT2D eigenvalue weighted by Gasteiger charge is -2.01. The van der Waals surface area contributed by atoms with E-state index < -0.39 is 7.12 Å². The second-order valence-corrected chi connectivity index (χ2v) is 4.95. The van der Waals surface area contributed by atoms with E-state index >= 15 is 0 Å². The van der Waals surface area contributed by atoms with Crippen LogP contribution in [-0.2, 0) is 0 Å². The first kappa shape index (κ1) is 13.8. The summed E-state index contributed by atoms with van der Waals surface area (Å²) in [7, 11) is -1.51. The minimum absolute atomic E-state index is 0.165. The molecule has 2 N–H and O–H groups in total. The van der Waals surface area contributed by atoms with Gasteiger partial charge in [-0.1, -0.05) is 18.2 Å². The van der Waals surface area contributed by atoms with E-state index in [2.05, 4.69) is 10.2 Å². The Kier molecular flexibility index (Phi) is 3.25. The summed E-state index contributed by atoms with van der Waals surface area (Å²) in [5.74, 6) is 1.88. The van der Waals surface area contributed by atoms with Crippen LogP contribution in [-0.4, -0.2) is 34.2 Å². The summed E-state index contributed by atoms with van der Waals surface area (Å²) in [6.07, 6.45) is 0. The maximum absolute atomic E-state index is 9.11. The lowest BCUT2D eigenvalue weighted by atomic mass is 9.80. The number of rotatable bonds is 3. The van der Waals surface area contributed by atoms with Crippen molar-refractivity contribution in [2.24, 2.45) is 0 Å². The van der Waals surface area contributed by atoms with Gasteiger partial charge in [0.1, 0.15) is 0 Å². The van der Waals surface area contributed by atoms with E-state index in [-0.39, 0.29) is 6.79 Å². The van der Waals surface area contributed by atoms with Gasteiger partial charge in [0.05, 0.1) is 5.56 Å². The lowest BCUT2D eigenvalue weighted by molar-refractivity contribution is 0.174. The molecule has 23 heavy (non-hydrogen) atoms. The first-order valence-electron chi connectivity index (χ1n) is 6.91. The van der Waals surface area contributed by atoms with E-state index in [1.54, 1.807) is 24.3 Å². The van der Waals surface area contributed by atoms with Crippen LogP contribution in [0.1, 0.15) is 0 Å². The summed E-state index contributed by atoms with van der Waals surface area (Å²) >= 11 is 0. The average molecular weight is 310 g/mol. The van der Waals surface area contributed by atoms with Gasteiger partial charge in [0.2, 0.25) is 12.7 Å². The number of fused-ring (bicyclic) bond motifs is 1. The highest BCUT2D eigenvalue weighted by Gasteiger charge is 2.22. The second-order valence-electron chi connectivity index (χ2n) is 4.95. The molecular weight excluding hydrogens is 299 g/mol. The number of hydrogen-bond acceptors (Lipinski definition) is 7. The predicted octanol–water partition coefficient (Wildman–Crippen LogP) is 0.812. The van der Waals surface area contributed by atoms with Gasteiger partial charge in [-0.3, -0.25) is 0 Å². The Balaban J connectivity index is 1.68. The molecule has 0 saturated carbocycles. The van der Waals surface area contributed by atoms with Crippen LogP contribution in [0.3, 0.4) is 0 Å². The van der Waals surface area contributed by atoms with Crippen molar-refractivity contribution < 1.29 is 23.9 Å². The van der Waals surface area contributed by atoms with E-state index in [4.69, 9.17) is 23.9 Å². The molecule has 0 spiro atoms. The molecule has 1 aromatic heterocycles. The molecule has 1 aliphatic heterocycles. The Morgan fingerprint density at radius 1 is 0.913 bits per heavy atom. The number of hydrogen-bond donors (Lipinski definition) is 2. The van der Waals surface area contributed by atoms with Crippen molar-refractivity contribution in [3.8, 4) is 34.4 Å². The van der Waals surface area contributed by atoms with Crippen molar-refractivity contribution in [1.29, 1.82) is 0 Å². The van der Waals surface area contributed by atoms with Crippen LogP contribution >= 0.6 is 0 Å². The Morgan fingerprint density at radius 3 is 2.48 bits per heavy atom. The summed E-state index contributed by atoms with van der Waals surface area (Å²) in [5, 5.41) is 26.3. The van der Waals surface area contributed by atoms with Gasteiger partial charge in [-0.25, -0.2) is 0 Å². The van der Waals surface area contributed by atoms with Crippen LogP contribution in [0.4, 0.5) is 0 Å². The summed E-state index contributed by atoms with van der Waals surface area (Å²) in [5.41, 5.74) is 1.74. The van der Waals surface area contributed by atoms with Crippen molar-refractivity contribution in [2.75, 3.05) is 6.79 Å². The number of para-hydroxylation sites is 1. The Labute approximate surface area is 131 Å². The summed E-state index contributed by atoms with van der Waals surface area (Å²) < 4.78 is 16.5. The van der Waals surface area contributed by atoms with E-state index in [9.17, 15) is 0 Å². The standard InChI is InChI=1S/C15H11BN2O5/c19-16(20)10-6-4-9(5-7-10)14-17-18-15(23-14)11-2-1-3-12-13(11)22-8-21-12/h1-7,19-20H,8H2. The Bertz CT molecular complexity index is 847. The first-order chi connectivity index (χ1) is 11.2. The summed E-state index contributed by atoms with van der Waals surface area (Å²) in [6, 6.07) is 12.0. The molecule has 0 radical (unpaired) electrons. The number of benzene rings is 2. The van der Waals surface area contributed by atoms with Gasteiger partial charge < -0.3 is 23.9 Å². The SMILES string of the molecule is OB(O)c1ccc(-c2nnc(-c3cccc4c3OCO4)o2)cc1. The van der Waals surface area contributed by atoms with Crippen LogP contribution < -0.4 is 14.9 Å². The average Bonchev–Trinajstić information content (AvgIpc) is 3.24. The third kappa shape index (κ3) is 2.43. The minimum Gasteiger partial charge on any atom is -0.454 e. The van der Waals surface area contributed by atoms with Crippen molar-refractivity contribution in [2.45, 2.75) is 0 Å². The molecule has 7 nitrogen and oxygen atoms in total. The van der Waals surface area contributed by atoms with E-state index in [0.29, 0.717) is 39.9 Å². The monoisotopic (exact) mass is 310 g/mol. The van der Waals surface area contributed by atoms with Gasteiger partial charge in [-0.2, -0.15) is 0 Å². The fourth-order valence-electron chi connectivity index (χ4n) is 2.35. The molecule has 3 aromatic rings. The molecule has 8 heteroatoms. The smallest absolute Gasteiger partial charge is 0.454 e. The zero-order valence-electron chi connectivity index (χ0n) is 11.8. The molecule has 0 amide bonds. The van der Waals surface area contributed by atoms with Crippen LogP contribution in [0.2, 0.25) is 0 Å². The third-order valence-corrected chi connectivity index (χ3v) is 3.51. The topological polar surface area (TPSA) is 97.8 Å². The molecule has 2 aromatic carbocycles. The summed E-state index contributed by atoms with van der Waals surface area (Å²) in [6.45, 7) is 0.165. The normalized spacial score (nSPS) is 12.4. The van der Waals surface area contributed by atoms with Crippen LogP contribution in [0.5, 0.6) is 11.5 Å². The molecule has 2 heterocycles. The van der Waals surface area contributed by atoms with Crippen LogP contribution in [0.15, 0.2) is 46.9 Å². The predicted molar refractivity (Wildman–Crippen MR) is 81.1 cm³/mol. The van der Waals surface area contributed by atoms with Gasteiger partial charge in [-0.15, -0.1) is 10.2 Å². The Hall–Kier alpha value is -2.84. The van der Waals surface area contributed by atoms with Gasteiger partial charge in [0.15, 0.2) is 11.5 Å². The van der Waals surface area contributed by atoms with E-state index in [1.165, 1.54) is 0 Å². The zero-order valence-corrected chi connectivity index (χ0v) is 11.8. The molecule has 114 valence electrons. The lowest BCUT2D eigenvalue weighted by Crippen LogP contribution is -2.29. The summed E-state index contributed by atoms with van der Waals surface area (Å²) in [4.78, 5) is 0. The van der Waals surface area contributed by atoms with Crippen molar-refractivity contribution >= 4 is 12.6 Å². The van der Waals surface area contributed by atoms with Crippen molar-refractivity contribution in [3.05, 3.63) is 42.5 Å². The number of aromatic nitrogens is 2. The zero-order chi connectivity index (χ0) is 15.8. The third-order valence-electron chi connectivity index (χ3n) is 3.51. The fourth-order valence-corrected chi connectivity index (χ4v) is 2.35. The van der Waals surface area contributed by atoms with Gasteiger partial charge >= 0.3 is 7.12 Å².